The average Bonchev–Trinajstić information content (AvgIpc) is 3.21. The third kappa shape index (κ3) is 4.41. The molecule has 6 nitrogen and oxygen atoms in total. The Labute approximate surface area is 158 Å². The number of carbonyl (C=O) groups is 2. The van der Waals surface area contributed by atoms with E-state index in [9.17, 15) is 9.59 Å². The van der Waals surface area contributed by atoms with E-state index in [1.165, 1.54) is 0 Å². The molecule has 1 heterocycles. The predicted octanol–water partition coefficient (Wildman–Crippen LogP) is 3.06. The number of aryl methyl sites for hydroxylation is 1. The highest BCUT2D eigenvalue weighted by atomic mass is 16.2. The van der Waals surface area contributed by atoms with Crippen LogP contribution in [0.2, 0.25) is 0 Å². The molecule has 0 spiro atoms. The largest absolute Gasteiger partial charge is 0.352 e. The fraction of sp³-hybridized carbons (Fsp3) is 0.190. The summed E-state index contributed by atoms with van der Waals surface area (Å²) in [6, 6.07) is 12.8. The number of amides is 2. The van der Waals surface area contributed by atoms with Gasteiger partial charge in [0.15, 0.2) is 0 Å². The van der Waals surface area contributed by atoms with Crippen LogP contribution in [0.4, 0.5) is 0 Å². The maximum Gasteiger partial charge on any atom is 0.251 e. The van der Waals surface area contributed by atoms with E-state index in [0.29, 0.717) is 24.2 Å². The van der Waals surface area contributed by atoms with E-state index in [2.05, 4.69) is 20.8 Å². The first-order valence-electron chi connectivity index (χ1n) is 8.83. The highest BCUT2D eigenvalue weighted by molar-refractivity contribution is 5.95. The molecule has 2 amide bonds. The molecule has 6 heteroatoms. The van der Waals surface area contributed by atoms with E-state index >= 15 is 0 Å². The lowest BCUT2D eigenvalue weighted by Gasteiger charge is -2.09. The van der Waals surface area contributed by atoms with Gasteiger partial charge in [0.25, 0.3) is 11.8 Å². The summed E-state index contributed by atoms with van der Waals surface area (Å²) < 4.78 is 0. The molecule has 0 saturated carbocycles. The van der Waals surface area contributed by atoms with Crippen LogP contribution in [0.15, 0.2) is 54.9 Å². The van der Waals surface area contributed by atoms with Crippen molar-refractivity contribution < 1.29 is 9.59 Å². The highest BCUT2D eigenvalue weighted by Gasteiger charge is 2.10. The van der Waals surface area contributed by atoms with Crippen molar-refractivity contribution in [1.82, 2.24) is 20.8 Å². The Morgan fingerprint density at radius 1 is 1.04 bits per heavy atom. The monoisotopic (exact) mass is 362 g/mol. The number of carbonyl (C=O) groups excluding carboxylic acids is 2. The summed E-state index contributed by atoms with van der Waals surface area (Å²) in [6.45, 7) is 4.78. The van der Waals surface area contributed by atoms with Crippen molar-refractivity contribution in [2.45, 2.75) is 20.4 Å². The predicted molar refractivity (Wildman–Crippen MR) is 104 cm³/mol. The van der Waals surface area contributed by atoms with E-state index in [4.69, 9.17) is 0 Å². The number of benzene rings is 2. The van der Waals surface area contributed by atoms with Crippen LogP contribution in [-0.4, -0.2) is 28.6 Å². The fourth-order valence-electron chi connectivity index (χ4n) is 2.90. The Balaban J connectivity index is 1.67. The summed E-state index contributed by atoms with van der Waals surface area (Å²) >= 11 is 0. The molecule has 0 atom stereocenters. The van der Waals surface area contributed by atoms with E-state index in [0.717, 1.165) is 22.3 Å². The second kappa shape index (κ2) is 8.31. The van der Waals surface area contributed by atoms with Crippen molar-refractivity contribution in [2.24, 2.45) is 0 Å². The zero-order valence-corrected chi connectivity index (χ0v) is 15.4. The van der Waals surface area contributed by atoms with E-state index < -0.39 is 0 Å². The van der Waals surface area contributed by atoms with E-state index in [-0.39, 0.29) is 11.8 Å². The Kier molecular flexibility index (Phi) is 5.66. The molecule has 0 radical (unpaired) electrons. The number of H-pyrrole nitrogens is 1. The maximum atomic E-state index is 12.5. The fourth-order valence-corrected chi connectivity index (χ4v) is 2.90. The summed E-state index contributed by atoms with van der Waals surface area (Å²) in [7, 11) is 0. The molecule has 3 aromatic rings. The molecule has 138 valence electrons. The molecule has 1 aromatic heterocycles. The minimum absolute atomic E-state index is 0.115. The summed E-state index contributed by atoms with van der Waals surface area (Å²) in [5.41, 5.74) is 5.08. The van der Waals surface area contributed by atoms with Crippen LogP contribution in [0.1, 0.15) is 38.8 Å². The second-order valence-electron chi connectivity index (χ2n) is 6.26. The number of aromatic amines is 1. The van der Waals surface area contributed by atoms with Crippen LogP contribution >= 0.6 is 0 Å². The highest BCUT2D eigenvalue weighted by Crippen LogP contribution is 2.23. The second-order valence-corrected chi connectivity index (χ2v) is 6.26. The molecule has 0 aliphatic heterocycles. The minimum Gasteiger partial charge on any atom is -0.352 e. The van der Waals surface area contributed by atoms with Gasteiger partial charge in [0.2, 0.25) is 0 Å². The standard InChI is InChI=1S/C21H22N4O2/c1-3-22-20(26)16-6-4-5-15(10-16)11-23-21(27)17-7-8-19(14(2)9-17)18-12-24-25-13-18/h4-10,12-13H,3,11H2,1-2H3,(H,22,26)(H,23,27)(H,24,25). The molecule has 0 saturated heterocycles. The molecule has 0 unspecified atom stereocenters. The lowest BCUT2D eigenvalue weighted by molar-refractivity contribution is 0.0947. The topological polar surface area (TPSA) is 86.9 Å². The zero-order chi connectivity index (χ0) is 19.2. The number of aromatic nitrogens is 2. The maximum absolute atomic E-state index is 12.5. The lowest BCUT2D eigenvalue weighted by atomic mass is 10.0. The first-order chi connectivity index (χ1) is 13.1. The first-order valence-corrected chi connectivity index (χ1v) is 8.83. The van der Waals surface area contributed by atoms with E-state index in [1.54, 1.807) is 24.4 Å². The van der Waals surface area contributed by atoms with Crippen molar-refractivity contribution in [3.05, 3.63) is 77.1 Å². The van der Waals surface area contributed by atoms with Gasteiger partial charge < -0.3 is 10.6 Å². The number of rotatable bonds is 6. The van der Waals surface area contributed by atoms with Crippen LogP contribution < -0.4 is 10.6 Å². The smallest absolute Gasteiger partial charge is 0.251 e. The SMILES string of the molecule is CCNC(=O)c1cccc(CNC(=O)c2ccc(-c3cn[nH]c3)c(C)c2)c1. The van der Waals surface area contributed by atoms with Gasteiger partial charge in [-0.1, -0.05) is 18.2 Å². The number of hydrogen-bond acceptors (Lipinski definition) is 3. The van der Waals surface area contributed by atoms with Gasteiger partial charge in [0, 0.05) is 36.0 Å². The third-order valence-electron chi connectivity index (χ3n) is 4.28. The summed E-state index contributed by atoms with van der Waals surface area (Å²) in [6.07, 6.45) is 3.58. The number of nitrogens with one attached hydrogen (secondary N) is 3. The summed E-state index contributed by atoms with van der Waals surface area (Å²) in [4.78, 5) is 24.4. The van der Waals surface area contributed by atoms with Crippen molar-refractivity contribution >= 4 is 11.8 Å². The minimum atomic E-state index is -0.153. The summed E-state index contributed by atoms with van der Waals surface area (Å²) in [5, 5.41) is 12.4. The average molecular weight is 362 g/mol. The molecular formula is C21H22N4O2. The molecule has 3 rings (SSSR count). The Bertz CT molecular complexity index is 949. The van der Waals surface area contributed by atoms with Crippen LogP contribution in [0, 0.1) is 6.92 Å². The van der Waals surface area contributed by atoms with Gasteiger partial charge in [-0.25, -0.2) is 0 Å². The molecule has 0 aliphatic rings. The quantitative estimate of drug-likeness (QED) is 0.630. The third-order valence-corrected chi connectivity index (χ3v) is 4.28. The van der Waals surface area contributed by atoms with Gasteiger partial charge in [-0.15, -0.1) is 0 Å². The number of hydrogen-bond donors (Lipinski definition) is 3. The van der Waals surface area contributed by atoms with Crippen LogP contribution in [-0.2, 0) is 6.54 Å². The van der Waals surface area contributed by atoms with Gasteiger partial charge >= 0.3 is 0 Å². The normalized spacial score (nSPS) is 10.4. The van der Waals surface area contributed by atoms with Crippen molar-refractivity contribution in [3.63, 3.8) is 0 Å². The summed E-state index contributed by atoms with van der Waals surface area (Å²) in [5.74, 6) is -0.267. The Morgan fingerprint density at radius 2 is 1.81 bits per heavy atom. The molecule has 0 bridgehead atoms. The lowest BCUT2D eigenvalue weighted by Crippen LogP contribution is -2.24. The zero-order valence-electron chi connectivity index (χ0n) is 15.4. The van der Waals surface area contributed by atoms with Crippen molar-refractivity contribution in [1.29, 1.82) is 0 Å². The Morgan fingerprint density at radius 3 is 2.52 bits per heavy atom. The van der Waals surface area contributed by atoms with Crippen molar-refractivity contribution in [3.8, 4) is 11.1 Å². The first kappa shape index (κ1) is 18.4. The molecule has 2 aromatic carbocycles. The molecule has 3 N–H and O–H groups in total. The van der Waals surface area contributed by atoms with Crippen LogP contribution in [0.25, 0.3) is 11.1 Å². The van der Waals surface area contributed by atoms with Gasteiger partial charge in [0.1, 0.15) is 0 Å². The number of nitrogens with zero attached hydrogens (tertiary/aromatic N) is 1. The van der Waals surface area contributed by atoms with Gasteiger partial charge in [-0.05, 0) is 54.8 Å². The molecular weight excluding hydrogens is 340 g/mol. The van der Waals surface area contributed by atoms with Gasteiger partial charge in [-0.2, -0.15) is 5.10 Å². The van der Waals surface area contributed by atoms with E-state index in [1.807, 2.05) is 44.3 Å². The van der Waals surface area contributed by atoms with Gasteiger partial charge in [0.05, 0.1) is 6.20 Å². The molecule has 0 fully saturated rings. The van der Waals surface area contributed by atoms with Crippen LogP contribution in [0.5, 0.6) is 0 Å². The van der Waals surface area contributed by atoms with Gasteiger partial charge in [-0.3, -0.25) is 14.7 Å². The van der Waals surface area contributed by atoms with Crippen LogP contribution in [0.3, 0.4) is 0 Å². The molecule has 0 aliphatic carbocycles. The molecule has 27 heavy (non-hydrogen) atoms. The Hall–Kier alpha value is -3.41. The van der Waals surface area contributed by atoms with Crippen molar-refractivity contribution in [2.75, 3.05) is 6.54 Å².